The lowest BCUT2D eigenvalue weighted by Gasteiger charge is -2.20. The highest BCUT2D eigenvalue weighted by Gasteiger charge is 2.41. The molecule has 0 bridgehead atoms. The molecule has 5 nitrogen and oxygen atoms in total. The molecule has 1 aromatic rings. The quantitative estimate of drug-likeness (QED) is 0.713. The van der Waals surface area contributed by atoms with E-state index >= 15 is 0 Å². The zero-order valence-corrected chi connectivity index (χ0v) is 11.5. The van der Waals surface area contributed by atoms with E-state index in [4.69, 9.17) is 10.9 Å². The lowest BCUT2D eigenvalue weighted by molar-refractivity contribution is 0.568. The van der Waals surface area contributed by atoms with E-state index in [1.54, 1.807) is 12.1 Å². The summed E-state index contributed by atoms with van der Waals surface area (Å²) in [6.45, 7) is 0. The van der Waals surface area contributed by atoms with Gasteiger partial charge in [-0.15, -0.1) is 0 Å². The van der Waals surface area contributed by atoms with E-state index in [2.05, 4.69) is 5.32 Å². The number of rotatable bonds is 5. The summed E-state index contributed by atoms with van der Waals surface area (Å²) in [6.07, 6.45) is 5.01. The van der Waals surface area contributed by atoms with Crippen molar-refractivity contribution in [3.63, 3.8) is 0 Å². The van der Waals surface area contributed by atoms with Crippen LogP contribution in [-0.2, 0) is 10.0 Å². The monoisotopic (exact) mass is 281 g/mol. The Morgan fingerprint density at radius 3 is 2.21 bits per heavy atom. The van der Waals surface area contributed by atoms with E-state index in [1.807, 2.05) is 0 Å². The molecule has 0 saturated heterocycles. The molecular formula is C13H19N3O2S. The number of anilines is 2. The Balaban J connectivity index is 1.86. The molecule has 0 amide bonds. The third kappa shape index (κ3) is 2.84. The van der Waals surface area contributed by atoms with Gasteiger partial charge >= 0.3 is 0 Å². The van der Waals surface area contributed by atoms with Crippen LogP contribution in [0.15, 0.2) is 23.1 Å². The molecule has 0 spiro atoms. The molecule has 3 rings (SSSR count). The number of primary sulfonamides is 1. The van der Waals surface area contributed by atoms with E-state index in [-0.39, 0.29) is 4.90 Å². The van der Waals surface area contributed by atoms with Crippen LogP contribution >= 0.6 is 0 Å². The van der Waals surface area contributed by atoms with Crippen LogP contribution in [0.5, 0.6) is 0 Å². The van der Waals surface area contributed by atoms with Crippen LogP contribution in [0.3, 0.4) is 0 Å². The minimum absolute atomic E-state index is 0.106. The fourth-order valence-electron chi connectivity index (χ4n) is 2.55. The van der Waals surface area contributed by atoms with E-state index in [0.29, 0.717) is 29.3 Å². The summed E-state index contributed by atoms with van der Waals surface area (Å²) in [5.41, 5.74) is 7.18. The van der Waals surface area contributed by atoms with Crippen molar-refractivity contribution in [2.75, 3.05) is 11.1 Å². The molecule has 6 heteroatoms. The van der Waals surface area contributed by atoms with Gasteiger partial charge in [0.2, 0.25) is 10.0 Å². The molecular weight excluding hydrogens is 262 g/mol. The maximum Gasteiger partial charge on any atom is 0.238 e. The number of hydrogen-bond acceptors (Lipinski definition) is 4. The second-order valence-electron chi connectivity index (χ2n) is 5.64. The number of benzene rings is 1. The van der Waals surface area contributed by atoms with Gasteiger partial charge in [-0.25, -0.2) is 13.6 Å². The fraction of sp³-hybridized carbons (Fsp3) is 0.538. The molecule has 104 valence electrons. The van der Waals surface area contributed by atoms with Gasteiger partial charge in [-0.05, 0) is 55.7 Å². The van der Waals surface area contributed by atoms with Crippen LogP contribution < -0.4 is 16.2 Å². The minimum Gasteiger partial charge on any atom is -0.397 e. The summed E-state index contributed by atoms with van der Waals surface area (Å²) in [5.74, 6) is 1.43. The highest BCUT2D eigenvalue weighted by atomic mass is 32.2. The van der Waals surface area contributed by atoms with Gasteiger partial charge in [0.25, 0.3) is 0 Å². The zero-order valence-electron chi connectivity index (χ0n) is 10.7. The number of sulfonamides is 1. The Morgan fingerprint density at radius 1 is 1.16 bits per heavy atom. The molecule has 0 radical (unpaired) electrons. The molecule has 2 saturated carbocycles. The van der Waals surface area contributed by atoms with Crippen LogP contribution in [0.2, 0.25) is 0 Å². The summed E-state index contributed by atoms with van der Waals surface area (Å²) in [7, 11) is -3.68. The van der Waals surface area contributed by atoms with E-state index in [1.165, 1.54) is 31.7 Å². The largest absolute Gasteiger partial charge is 0.397 e. The second-order valence-corrected chi connectivity index (χ2v) is 7.20. The lowest BCUT2D eigenvalue weighted by Crippen LogP contribution is -2.25. The SMILES string of the molecule is Nc1ccc(S(N)(=O)=O)cc1NC(C1CC1)C1CC1. The molecule has 2 fully saturated rings. The van der Waals surface area contributed by atoms with Gasteiger partial charge in [0.1, 0.15) is 0 Å². The van der Waals surface area contributed by atoms with Crippen LogP contribution in [0.25, 0.3) is 0 Å². The highest BCUT2D eigenvalue weighted by Crippen LogP contribution is 2.46. The molecule has 0 atom stereocenters. The molecule has 5 N–H and O–H groups in total. The lowest BCUT2D eigenvalue weighted by atomic mass is 10.1. The van der Waals surface area contributed by atoms with Crippen molar-refractivity contribution in [2.24, 2.45) is 17.0 Å². The Kier molecular flexibility index (Phi) is 2.94. The normalized spacial score (nSPS) is 19.7. The third-order valence-electron chi connectivity index (χ3n) is 3.94. The highest BCUT2D eigenvalue weighted by molar-refractivity contribution is 7.89. The van der Waals surface area contributed by atoms with Crippen LogP contribution in [-0.4, -0.2) is 14.5 Å². The van der Waals surface area contributed by atoms with E-state index in [0.717, 1.165) is 0 Å². The van der Waals surface area contributed by atoms with Crippen molar-refractivity contribution in [3.05, 3.63) is 18.2 Å². The standard InChI is InChI=1S/C13H19N3O2S/c14-11-6-5-10(19(15,17)18)7-12(11)16-13(8-1-2-8)9-3-4-9/h5-9,13,16H,1-4,14H2,(H2,15,17,18). The van der Waals surface area contributed by atoms with Gasteiger partial charge in [0, 0.05) is 6.04 Å². The van der Waals surface area contributed by atoms with Gasteiger partial charge in [0.05, 0.1) is 16.3 Å². The zero-order chi connectivity index (χ0) is 13.6. The van der Waals surface area contributed by atoms with Crippen molar-refractivity contribution in [1.29, 1.82) is 0 Å². The number of nitrogen functional groups attached to an aromatic ring is 1. The number of nitrogens with two attached hydrogens (primary N) is 2. The van der Waals surface area contributed by atoms with Crippen LogP contribution in [0.1, 0.15) is 25.7 Å². The third-order valence-corrected chi connectivity index (χ3v) is 4.85. The molecule has 19 heavy (non-hydrogen) atoms. The first-order valence-corrected chi connectivity index (χ1v) is 8.18. The Bertz CT molecular complexity index is 580. The van der Waals surface area contributed by atoms with Crippen molar-refractivity contribution >= 4 is 21.4 Å². The molecule has 0 aliphatic heterocycles. The fourth-order valence-corrected chi connectivity index (χ4v) is 3.09. The predicted octanol–water partition coefficient (Wildman–Crippen LogP) is 1.52. The van der Waals surface area contributed by atoms with Gasteiger partial charge in [0.15, 0.2) is 0 Å². The minimum atomic E-state index is -3.68. The predicted molar refractivity (Wildman–Crippen MR) is 75.1 cm³/mol. The molecule has 2 aliphatic rings. The number of hydrogen-bond donors (Lipinski definition) is 3. The molecule has 1 aromatic carbocycles. The first-order chi connectivity index (χ1) is 8.95. The average molecular weight is 281 g/mol. The van der Waals surface area contributed by atoms with Gasteiger partial charge < -0.3 is 11.1 Å². The number of nitrogens with one attached hydrogen (secondary N) is 1. The van der Waals surface area contributed by atoms with Gasteiger partial charge in [-0.1, -0.05) is 0 Å². The molecule has 0 aromatic heterocycles. The topological polar surface area (TPSA) is 98.2 Å². The van der Waals surface area contributed by atoms with Crippen LogP contribution in [0, 0.1) is 11.8 Å². The smallest absolute Gasteiger partial charge is 0.238 e. The first kappa shape index (κ1) is 12.7. The second kappa shape index (κ2) is 4.38. The first-order valence-electron chi connectivity index (χ1n) is 6.64. The van der Waals surface area contributed by atoms with Crippen molar-refractivity contribution < 1.29 is 8.42 Å². The van der Waals surface area contributed by atoms with E-state index < -0.39 is 10.0 Å². The Morgan fingerprint density at radius 2 is 1.74 bits per heavy atom. The summed E-state index contributed by atoms with van der Waals surface area (Å²) >= 11 is 0. The Labute approximate surface area is 113 Å². The summed E-state index contributed by atoms with van der Waals surface area (Å²) in [6, 6.07) is 5.01. The molecule has 0 heterocycles. The van der Waals surface area contributed by atoms with Crippen molar-refractivity contribution in [2.45, 2.75) is 36.6 Å². The molecule has 0 unspecified atom stereocenters. The van der Waals surface area contributed by atoms with E-state index in [9.17, 15) is 8.42 Å². The van der Waals surface area contributed by atoms with Gasteiger partial charge in [-0.3, -0.25) is 0 Å². The summed E-state index contributed by atoms with van der Waals surface area (Å²) in [5, 5.41) is 8.59. The summed E-state index contributed by atoms with van der Waals surface area (Å²) < 4.78 is 22.8. The average Bonchev–Trinajstić information content (AvgIpc) is 3.19. The Hall–Kier alpha value is -1.27. The van der Waals surface area contributed by atoms with Gasteiger partial charge in [-0.2, -0.15) is 0 Å². The van der Waals surface area contributed by atoms with Crippen LogP contribution in [0.4, 0.5) is 11.4 Å². The summed E-state index contributed by atoms with van der Waals surface area (Å²) in [4.78, 5) is 0.106. The maximum absolute atomic E-state index is 11.4. The van der Waals surface area contributed by atoms with Crippen molar-refractivity contribution in [1.82, 2.24) is 0 Å². The maximum atomic E-state index is 11.4. The van der Waals surface area contributed by atoms with Crippen molar-refractivity contribution in [3.8, 4) is 0 Å². The molecule has 2 aliphatic carbocycles.